The van der Waals surface area contributed by atoms with Crippen LogP contribution in [-0.4, -0.2) is 68.7 Å². The van der Waals surface area contributed by atoms with Gasteiger partial charge in [0.15, 0.2) is 0 Å². The van der Waals surface area contributed by atoms with E-state index in [4.69, 9.17) is 9.47 Å². The van der Waals surface area contributed by atoms with Crippen molar-refractivity contribution in [2.24, 2.45) is 0 Å². The van der Waals surface area contributed by atoms with E-state index in [1.165, 1.54) is 6.92 Å². The Bertz CT molecular complexity index is 364. The second-order valence-electron chi connectivity index (χ2n) is 3.98. The molecule has 1 fully saturated rings. The fourth-order valence-electron chi connectivity index (χ4n) is 1.67. The Labute approximate surface area is 115 Å². The summed E-state index contributed by atoms with van der Waals surface area (Å²) in [4.78, 5) is 21.3. The number of amides is 1. The van der Waals surface area contributed by atoms with Gasteiger partial charge in [-0.1, -0.05) is 0 Å². The van der Waals surface area contributed by atoms with Crippen molar-refractivity contribution >= 4 is 16.1 Å². The molecule has 1 heterocycles. The molecule has 1 aliphatic heterocycles. The molecular weight excluding hydrogens is 298 g/mol. The van der Waals surface area contributed by atoms with Gasteiger partial charge in [0.1, 0.15) is 0 Å². The minimum atomic E-state index is -1.50. The molecule has 8 nitrogen and oxygen atoms in total. The predicted octanol–water partition coefficient (Wildman–Crippen LogP) is -2.42. The van der Waals surface area contributed by atoms with E-state index < -0.39 is 56.2 Å². The van der Waals surface area contributed by atoms with Gasteiger partial charge in [-0.05, 0) is 0 Å². The molecule has 1 amide bonds. The summed E-state index contributed by atoms with van der Waals surface area (Å²) in [6.07, 6.45) is -5.40. The number of ether oxygens (including phenoxy) is 2. The molecule has 5 atom stereocenters. The third-order valence-corrected chi connectivity index (χ3v) is 3.13. The van der Waals surface area contributed by atoms with Gasteiger partial charge >= 0.3 is 115 Å². The van der Waals surface area contributed by atoms with Gasteiger partial charge < -0.3 is 0 Å². The molecule has 1 saturated heterocycles. The monoisotopic (exact) mass is 314 g/mol. The average molecular weight is 314 g/mol. The maximum absolute atomic E-state index is 11.0. The molecule has 0 spiro atoms. The Balaban J connectivity index is 2.63. The molecule has 1 aliphatic rings. The molecule has 9 heteroatoms. The molecule has 1 rings (SSSR count). The zero-order valence-electron chi connectivity index (χ0n) is 10.2. The van der Waals surface area contributed by atoms with Gasteiger partial charge in [-0.15, -0.1) is 0 Å². The van der Waals surface area contributed by atoms with Crippen LogP contribution in [-0.2, 0) is 29.0 Å². The van der Waals surface area contributed by atoms with Crippen LogP contribution >= 0.6 is 0 Å². The van der Waals surface area contributed by atoms with Crippen LogP contribution in [0.3, 0.4) is 0 Å². The number of nitrogens with one attached hydrogen (secondary N) is 1. The van der Waals surface area contributed by atoms with E-state index in [0.29, 0.717) is 0 Å². The molecule has 19 heavy (non-hydrogen) atoms. The standard InChI is InChI=1S/C9H14NO7.CH2.Cr/c1-4(12)10-6-8(14)7(13)5(2-16-3-11)17-9(6)15;;/h5-9,13-15H,2H2,1H3,(H,10,12);1H2;. The van der Waals surface area contributed by atoms with Gasteiger partial charge in [-0.3, -0.25) is 0 Å². The molecule has 0 aromatic carbocycles. The zero-order chi connectivity index (χ0) is 14.6. The van der Waals surface area contributed by atoms with Crippen molar-refractivity contribution in [2.45, 2.75) is 37.6 Å². The SMILES string of the molecule is [CH2]=[Cr][C](=O)OCC1OC(O)C(NC(C)=O)C(O)C1O. The first kappa shape index (κ1) is 16.2. The van der Waals surface area contributed by atoms with Crippen molar-refractivity contribution < 1.29 is 49.2 Å². The summed E-state index contributed by atoms with van der Waals surface area (Å²) >= 11 is -0.588. The average Bonchev–Trinajstić information content (AvgIpc) is 2.36. The van der Waals surface area contributed by atoms with Crippen molar-refractivity contribution in [2.75, 3.05) is 6.61 Å². The number of carbonyl (C=O) groups excluding carboxylic acids is 2. The molecule has 109 valence electrons. The van der Waals surface area contributed by atoms with Crippen LogP contribution in [0.25, 0.3) is 0 Å². The number of hydrogen-bond donors (Lipinski definition) is 4. The van der Waals surface area contributed by atoms with Crippen LogP contribution in [0.4, 0.5) is 4.79 Å². The van der Waals surface area contributed by atoms with E-state index in [9.17, 15) is 24.9 Å². The van der Waals surface area contributed by atoms with E-state index in [1.54, 1.807) is 0 Å². The second kappa shape index (κ2) is 7.10. The maximum atomic E-state index is 11.0. The summed E-state index contributed by atoms with van der Waals surface area (Å²) in [5.74, 6) is -0.483. The van der Waals surface area contributed by atoms with Crippen molar-refractivity contribution in [1.82, 2.24) is 5.32 Å². The summed E-state index contributed by atoms with van der Waals surface area (Å²) in [6.45, 7) is 0.897. The van der Waals surface area contributed by atoms with Crippen LogP contribution in [0.1, 0.15) is 6.92 Å². The fourth-order valence-corrected chi connectivity index (χ4v) is 1.90. The minimum absolute atomic E-state index is 0.307. The third kappa shape index (κ3) is 4.35. The summed E-state index contributed by atoms with van der Waals surface area (Å²) < 4.78 is 9.76. The Hall–Kier alpha value is -0.818. The van der Waals surface area contributed by atoms with Gasteiger partial charge in [-0.2, -0.15) is 0 Å². The number of rotatable bonds is 4. The number of hydrogen-bond acceptors (Lipinski definition) is 7. The van der Waals surface area contributed by atoms with E-state index in [0.717, 1.165) is 0 Å². The van der Waals surface area contributed by atoms with Crippen molar-refractivity contribution in [1.29, 1.82) is 0 Å². The molecular formula is C10H16CrNO7. The van der Waals surface area contributed by atoms with Crippen LogP contribution in [0.15, 0.2) is 0 Å². The summed E-state index contributed by atoms with van der Waals surface area (Å²) in [7, 11) is 0. The summed E-state index contributed by atoms with van der Waals surface area (Å²) in [5, 5.41) is 34.9. The topological polar surface area (TPSA) is 125 Å². The molecule has 0 aliphatic carbocycles. The zero-order valence-corrected chi connectivity index (χ0v) is 11.5. The third-order valence-electron chi connectivity index (χ3n) is 2.57. The van der Waals surface area contributed by atoms with E-state index in [1.807, 2.05) is 0 Å². The molecule has 0 aromatic rings. The van der Waals surface area contributed by atoms with E-state index >= 15 is 0 Å². The Morgan fingerprint density at radius 1 is 1.37 bits per heavy atom. The molecule has 4 N–H and O–H groups in total. The predicted molar refractivity (Wildman–Crippen MR) is 59.0 cm³/mol. The van der Waals surface area contributed by atoms with Crippen molar-refractivity contribution in [3.8, 4) is 0 Å². The second-order valence-corrected chi connectivity index (χ2v) is 4.95. The first-order valence-corrected chi connectivity index (χ1v) is 6.96. The van der Waals surface area contributed by atoms with Crippen molar-refractivity contribution in [3.63, 3.8) is 0 Å². The van der Waals surface area contributed by atoms with Gasteiger partial charge in [-0.25, -0.2) is 0 Å². The number of aliphatic hydroxyl groups excluding tert-OH is 3. The molecule has 0 aromatic heterocycles. The van der Waals surface area contributed by atoms with Crippen LogP contribution in [0, 0.1) is 0 Å². The van der Waals surface area contributed by atoms with E-state index in [2.05, 4.69) is 10.7 Å². The number of carbonyl (C=O) groups is 2. The van der Waals surface area contributed by atoms with Gasteiger partial charge in [0, 0.05) is 0 Å². The van der Waals surface area contributed by atoms with Gasteiger partial charge in [0.2, 0.25) is 0 Å². The summed E-state index contributed by atoms with van der Waals surface area (Å²) in [5.41, 5.74) is 0. The first-order chi connectivity index (χ1) is 8.86. The molecule has 5 unspecified atom stereocenters. The van der Waals surface area contributed by atoms with Gasteiger partial charge in [0.05, 0.1) is 0 Å². The quantitative estimate of drug-likeness (QED) is 0.455. The molecule has 0 bridgehead atoms. The molecule has 0 radical (unpaired) electrons. The Kier molecular flexibility index (Phi) is 6.06. The van der Waals surface area contributed by atoms with Crippen LogP contribution < -0.4 is 5.32 Å². The van der Waals surface area contributed by atoms with Crippen LogP contribution in [0.5, 0.6) is 0 Å². The fraction of sp³-hybridized carbons (Fsp3) is 0.700. The van der Waals surface area contributed by atoms with E-state index in [-0.39, 0.29) is 6.61 Å². The number of aliphatic hydroxyl groups is 3. The molecule has 0 saturated carbocycles. The van der Waals surface area contributed by atoms with Gasteiger partial charge in [0.25, 0.3) is 0 Å². The van der Waals surface area contributed by atoms with Crippen molar-refractivity contribution in [3.05, 3.63) is 0 Å². The normalized spacial score (nSPS) is 34.4. The Morgan fingerprint density at radius 2 is 2.00 bits per heavy atom. The summed E-state index contributed by atoms with van der Waals surface area (Å²) in [6, 6.07) is -1.14. The Morgan fingerprint density at radius 3 is 2.53 bits per heavy atom. The first-order valence-electron chi connectivity index (χ1n) is 5.42. The van der Waals surface area contributed by atoms with Crippen LogP contribution in [0.2, 0.25) is 0 Å².